The molecule has 2 aromatic rings. The van der Waals surface area contributed by atoms with Crippen LogP contribution in [0.5, 0.6) is 0 Å². The van der Waals surface area contributed by atoms with Crippen molar-refractivity contribution < 1.29 is 4.79 Å². The molecule has 0 aliphatic heterocycles. The van der Waals surface area contributed by atoms with E-state index in [9.17, 15) is 4.79 Å². The number of benzene rings is 1. The number of rotatable bonds is 8. The Labute approximate surface area is 163 Å². The number of aromatic nitrogens is 2. The lowest BCUT2D eigenvalue weighted by atomic mass is 10.1. The topological polar surface area (TPSA) is 50.2 Å². The number of hydrogen-bond acceptors (Lipinski definition) is 3. The van der Waals surface area contributed by atoms with Gasteiger partial charge in [-0.05, 0) is 57.7 Å². The van der Waals surface area contributed by atoms with Gasteiger partial charge in [-0.25, -0.2) is 0 Å². The van der Waals surface area contributed by atoms with Crippen LogP contribution in [-0.2, 0) is 5.54 Å². The van der Waals surface area contributed by atoms with Crippen molar-refractivity contribution in [1.29, 1.82) is 0 Å². The molecule has 0 aliphatic rings. The van der Waals surface area contributed by atoms with Crippen molar-refractivity contribution in [2.75, 3.05) is 25.0 Å². The number of amides is 1. The van der Waals surface area contributed by atoms with E-state index in [2.05, 4.69) is 69.1 Å². The maximum Gasteiger partial charge on any atom is 0.271 e. The van der Waals surface area contributed by atoms with Gasteiger partial charge in [0.1, 0.15) is 5.69 Å². The van der Waals surface area contributed by atoms with E-state index in [0.717, 1.165) is 25.1 Å². The molecule has 0 unspecified atom stereocenters. The minimum absolute atomic E-state index is 0.0867. The Balaban J connectivity index is 1.82. The van der Waals surface area contributed by atoms with Crippen molar-refractivity contribution in [3.05, 3.63) is 47.8 Å². The standard InChI is InChI=1S/C22H34N4O/c1-17(2)20-16-19(24-26(20)22(3,4)5)21(27)23-14-10-11-15-25(6)18-12-8-7-9-13-18/h7-9,12-13,16-17H,10-11,14-15H2,1-6H3,(H,23,27). The summed E-state index contributed by atoms with van der Waals surface area (Å²) in [6.07, 6.45) is 1.97. The number of anilines is 1. The maximum absolute atomic E-state index is 12.5. The van der Waals surface area contributed by atoms with Crippen LogP contribution in [0.2, 0.25) is 0 Å². The zero-order chi connectivity index (χ0) is 20.0. The number of para-hydroxylation sites is 1. The first-order valence-electron chi connectivity index (χ1n) is 9.85. The highest BCUT2D eigenvalue weighted by molar-refractivity contribution is 5.92. The first-order valence-corrected chi connectivity index (χ1v) is 9.85. The third-order valence-electron chi connectivity index (χ3n) is 4.60. The van der Waals surface area contributed by atoms with Gasteiger partial charge < -0.3 is 10.2 Å². The van der Waals surface area contributed by atoms with Crippen LogP contribution in [0.3, 0.4) is 0 Å². The van der Waals surface area contributed by atoms with Gasteiger partial charge in [0.05, 0.1) is 5.54 Å². The van der Waals surface area contributed by atoms with E-state index in [0.29, 0.717) is 18.2 Å². The number of carbonyl (C=O) groups is 1. The predicted octanol–water partition coefficient (Wildman–Crippen LogP) is 4.41. The first-order chi connectivity index (χ1) is 12.7. The molecule has 27 heavy (non-hydrogen) atoms. The molecule has 1 amide bonds. The molecule has 1 heterocycles. The Kier molecular flexibility index (Phi) is 7.05. The predicted molar refractivity (Wildman–Crippen MR) is 113 cm³/mol. The van der Waals surface area contributed by atoms with E-state index in [1.54, 1.807) is 0 Å². The van der Waals surface area contributed by atoms with Gasteiger partial charge in [-0.1, -0.05) is 32.0 Å². The molecule has 5 heteroatoms. The second-order valence-corrected chi connectivity index (χ2v) is 8.41. The Morgan fingerprint density at radius 3 is 2.41 bits per heavy atom. The normalized spacial score (nSPS) is 11.7. The summed E-state index contributed by atoms with van der Waals surface area (Å²) < 4.78 is 1.97. The second-order valence-electron chi connectivity index (χ2n) is 8.41. The molecular weight excluding hydrogens is 336 g/mol. The summed E-state index contributed by atoms with van der Waals surface area (Å²) in [5.74, 6) is 0.239. The van der Waals surface area contributed by atoms with E-state index in [1.165, 1.54) is 5.69 Å². The van der Waals surface area contributed by atoms with Crippen LogP contribution in [-0.4, -0.2) is 35.8 Å². The van der Waals surface area contributed by atoms with E-state index in [1.807, 2.05) is 28.9 Å². The summed E-state index contributed by atoms with van der Waals surface area (Å²) in [5, 5.41) is 7.58. The molecule has 148 valence electrons. The smallest absolute Gasteiger partial charge is 0.271 e. The average Bonchev–Trinajstić information content (AvgIpc) is 3.08. The van der Waals surface area contributed by atoms with Crippen LogP contribution in [0.25, 0.3) is 0 Å². The van der Waals surface area contributed by atoms with Crippen LogP contribution < -0.4 is 10.2 Å². The number of carbonyl (C=O) groups excluding carboxylic acids is 1. The monoisotopic (exact) mass is 370 g/mol. The van der Waals surface area contributed by atoms with Crippen molar-refractivity contribution in [2.24, 2.45) is 0 Å². The highest BCUT2D eigenvalue weighted by atomic mass is 16.1. The second kappa shape index (κ2) is 9.07. The molecule has 0 saturated carbocycles. The lowest BCUT2D eigenvalue weighted by molar-refractivity contribution is 0.0946. The maximum atomic E-state index is 12.5. The molecule has 0 fully saturated rings. The molecule has 5 nitrogen and oxygen atoms in total. The highest BCUT2D eigenvalue weighted by Crippen LogP contribution is 2.23. The van der Waals surface area contributed by atoms with Crippen LogP contribution in [0.4, 0.5) is 5.69 Å². The quantitative estimate of drug-likeness (QED) is 0.700. The number of unbranched alkanes of at least 4 members (excludes halogenated alkanes) is 1. The molecule has 0 saturated heterocycles. The van der Waals surface area contributed by atoms with Crippen LogP contribution in [0, 0.1) is 0 Å². The van der Waals surface area contributed by atoms with Crippen LogP contribution in [0.15, 0.2) is 36.4 Å². The van der Waals surface area contributed by atoms with Gasteiger partial charge in [-0.2, -0.15) is 5.10 Å². The number of hydrogen-bond donors (Lipinski definition) is 1. The van der Waals surface area contributed by atoms with Crippen LogP contribution >= 0.6 is 0 Å². The van der Waals surface area contributed by atoms with Gasteiger partial charge in [-0.15, -0.1) is 0 Å². The molecule has 0 bridgehead atoms. The fourth-order valence-corrected chi connectivity index (χ4v) is 3.03. The van der Waals surface area contributed by atoms with Gasteiger partial charge >= 0.3 is 0 Å². The summed E-state index contributed by atoms with van der Waals surface area (Å²) in [7, 11) is 2.10. The van der Waals surface area contributed by atoms with E-state index >= 15 is 0 Å². The summed E-state index contributed by atoms with van der Waals surface area (Å²) in [6.45, 7) is 12.2. The fraction of sp³-hybridized carbons (Fsp3) is 0.545. The summed E-state index contributed by atoms with van der Waals surface area (Å²) in [6, 6.07) is 12.3. The third-order valence-corrected chi connectivity index (χ3v) is 4.60. The van der Waals surface area contributed by atoms with E-state index in [4.69, 9.17) is 0 Å². The van der Waals surface area contributed by atoms with E-state index < -0.39 is 0 Å². The molecule has 2 rings (SSSR count). The van der Waals surface area contributed by atoms with Crippen molar-refractivity contribution in [2.45, 2.75) is 58.9 Å². The molecule has 1 aromatic heterocycles. The van der Waals surface area contributed by atoms with Crippen molar-refractivity contribution in [3.63, 3.8) is 0 Å². The van der Waals surface area contributed by atoms with Crippen molar-refractivity contribution in [1.82, 2.24) is 15.1 Å². The minimum Gasteiger partial charge on any atom is -0.375 e. The molecule has 0 aliphatic carbocycles. The van der Waals surface area contributed by atoms with Crippen molar-refractivity contribution in [3.8, 4) is 0 Å². The van der Waals surface area contributed by atoms with E-state index in [-0.39, 0.29) is 11.4 Å². The number of nitrogens with zero attached hydrogens (tertiary/aromatic N) is 3. The zero-order valence-electron chi connectivity index (χ0n) is 17.6. The summed E-state index contributed by atoms with van der Waals surface area (Å²) in [4.78, 5) is 14.7. The van der Waals surface area contributed by atoms with Gasteiger partial charge in [-0.3, -0.25) is 9.48 Å². The lowest BCUT2D eigenvalue weighted by Crippen LogP contribution is -2.28. The molecule has 0 radical (unpaired) electrons. The largest absolute Gasteiger partial charge is 0.375 e. The molecular formula is C22H34N4O. The average molecular weight is 371 g/mol. The van der Waals surface area contributed by atoms with Gasteiger partial charge in [0.15, 0.2) is 0 Å². The Morgan fingerprint density at radius 1 is 1.19 bits per heavy atom. The third kappa shape index (κ3) is 5.84. The first kappa shape index (κ1) is 21.0. The van der Waals surface area contributed by atoms with Crippen molar-refractivity contribution >= 4 is 11.6 Å². The highest BCUT2D eigenvalue weighted by Gasteiger charge is 2.23. The fourth-order valence-electron chi connectivity index (χ4n) is 3.03. The Morgan fingerprint density at radius 2 is 1.85 bits per heavy atom. The number of nitrogens with one attached hydrogen (secondary N) is 1. The Bertz CT molecular complexity index is 729. The zero-order valence-corrected chi connectivity index (χ0v) is 17.6. The Hall–Kier alpha value is -2.30. The SMILES string of the molecule is CC(C)c1cc(C(=O)NCCCCN(C)c2ccccc2)nn1C(C)(C)C. The molecule has 1 N–H and O–H groups in total. The van der Waals surface area contributed by atoms with Crippen LogP contribution in [0.1, 0.15) is 69.6 Å². The van der Waals surface area contributed by atoms with Gasteiger partial charge in [0.2, 0.25) is 0 Å². The minimum atomic E-state index is -0.139. The molecule has 0 spiro atoms. The summed E-state index contributed by atoms with van der Waals surface area (Å²) in [5.41, 5.74) is 2.68. The van der Waals surface area contributed by atoms with Gasteiger partial charge in [0.25, 0.3) is 5.91 Å². The lowest BCUT2D eigenvalue weighted by Gasteiger charge is -2.23. The molecule has 0 atom stereocenters. The summed E-state index contributed by atoms with van der Waals surface area (Å²) >= 11 is 0. The van der Waals surface area contributed by atoms with Gasteiger partial charge in [0, 0.05) is 31.5 Å². The molecule has 1 aromatic carbocycles.